The molecule has 1 atom stereocenters. The molecule has 1 aromatic rings. The minimum Gasteiger partial charge on any atom is -0.302 e. The number of nitrogens with zero attached hydrogens (tertiary/aromatic N) is 4. The van der Waals surface area contributed by atoms with Crippen LogP contribution in [0, 0.1) is 11.3 Å². The number of aromatic nitrogens is 3. The van der Waals surface area contributed by atoms with Crippen LogP contribution in [0.3, 0.4) is 0 Å². The largest absolute Gasteiger partial charge is 0.302 e. The van der Waals surface area contributed by atoms with Crippen LogP contribution in [0.25, 0.3) is 0 Å². The molecule has 0 radical (unpaired) electrons. The smallest absolute Gasteiger partial charge is 0.137 e. The topological polar surface area (TPSA) is 66.5 Å². The fraction of sp³-hybridized carbons (Fsp3) is 0.667. The Labute approximate surface area is 83.8 Å². The van der Waals surface area contributed by atoms with Crippen molar-refractivity contribution in [2.24, 2.45) is 0 Å². The molecular formula is C9H15N5. The van der Waals surface area contributed by atoms with Gasteiger partial charge in [-0.25, -0.2) is 4.98 Å². The van der Waals surface area contributed by atoms with Crippen LogP contribution >= 0.6 is 0 Å². The zero-order chi connectivity index (χ0) is 10.2. The molecule has 1 unspecified atom stereocenters. The Morgan fingerprint density at radius 1 is 1.64 bits per heavy atom. The van der Waals surface area contributed by atoms with E-state index in [9.17, 15) is 0 Å². The molecule has 0 aliphatic carbocycles. The number of hydrogen-bond acceptors (Lipinski definition) is 4. The van der Waals surface area contributed by atoms with Crippen molar-refractivity contribution in [1.82, 2.24) is 20.1 Å². The van der Waals surface area contributed by atoms with Crippen LogP contribution in [0.5, 0.6) is 0 Å². The van der Waals surface area contributed by atoms with Crippen LogP contribution in [0.1, 0.15) is 19.8 Å². The van der Waals surface area contributed by atoms with Crippen LogP contribution in [-0.2, 0) is 6.54 Å². The van der Waals surface area contributed by atoms with Crippen molar-refractivity contribution in [3.63, 3.8) is 0 Å². The molecule has 0 amide bonds. The Bertz CT molecular complexity index is 274. The van der Waals surface area contributed by atoms with Crippen molar-refractivity contribution in [2.45, 2.75) is 32.4 Å². The molecule has 0 aliphatic heterocycles. The number of nitriles is 1. The number of hydrogen-bond donors (Lipinski definition) is 1. The first-order valence-electron chi connectivity index (χ1n) is 4.82. The van der Waals surface area contributed by atoms with Crippen LogP contribution in [0.15, 0.2) is 12.7 Å². The van der Waals surface area contributed by atoms with E-state index in [1.807, 2.05) is 0 Å². The van der Waals surface area contributed by atoms with Gasteiger partial charge in [-0.2, -0.15) is 10.4 Å². The Balaban J connectivity index is 2.25. The van der Waals surface area contributed by atoms with Crippen molar-refractivity contribution in [2.75, 3.05) is 6.54 Å². The van der Waals surface area contributed by atoms with Crippen LogP contribution in [0.2, 0.25) is 0 Å². The number of nitrogens with one attached hydrogen (secondary N) is 1. The van der Waals surface area contributed by atoms with Gasteiger partial charge < -0.3 is 5.32 Å². The summed E-state index contributed by atoms with van der Waals surface area (Å²) in [5.74, 6) is 0. The van der Waals surface area contributed by atoms with Gasteiger partial charge >= 0.3 is 0 Å². The first-order chi connectivity index (χ1) is 6.86. The predicted molar refractivity (Wildman–Crippen MR) is 52.3 cm³/mol. The second kappa shape index (κ2) is 6.11. The first-order valence-corrected chi connectivity index (χ1v) is 4.82. The standard InChI is InChI=1S/C9H15N5/c1-2-4-12-9(6-10)3-5-14-8-11-7-13-14/h7-9,12H,2-5H2,1H3. The molecule has 1 heterocycles. The quantitative estimate of drug-likeness (QED) is 0.717. The van der Waals surface area contributed by atoms with Gasteiger partial charge in [0.15, 0.2) is 0 Å². The molecule has 76 valence electrons. The monoisotopic (exact) mass is 193 g/mol. The third kappa shape index (κ3) is 3.54. The van der Waals surface area contributed by atoms with Gasteiger partial charge in [0.25, 0.3) is 0 Å². The zero-order valence-electron chi connectivity index (χ0n) is 8.35. The lowest BCUT2D eigenvalue weighted by molar-refractivity contribution is 0.492. The van der Waals surface area contributed by atoms with Crippen LogP contribution < -0.4 is 5.32 Å². The molecule has 14 heavy (non-hydrogen) atoms. The minimum absolute atomic E-state index is 0.0841. The van der Waals surface area contributed by atoms with Crippen LogP contribution in [-0.4, -0.2) is 27.4 Å². The first kappa shape index (κ1) is 10.7. The lowest BCUT2D eigenvalue weighted by atomic mass is 10.2. The lowest BCUT2D eigenvalue weighted by Gasteiger charge is -2.09. The van der Waals surface area contributed by atoms with Crippen molar-refractivity contribution in [3.8, 4) is 6.07 Å². The molecule has 0 fully saturated rings. The van der Waals surface area contributed by atoms with Crippen molar-refractivity contribution in [3.05, 3.63) is 12.7 Å². The number of rotatable bonds is 6. The molecule has 1 aromatic heterocycles. The molecule has 0 aliphatic rings. The highest BCUT2D eigenvalue weighted by atomic mass is 15.3. The van der Waals surface area contributed by atoms with E-state index in [4.69, 9.17) is 5.26 Å². The van der Waals surface area contributed by atoms with E-state index in [0.29, 0.717) is 0 Å². The van der Waals surface area contributed by atoms with Gasteiger partial charge in [-0.3, -0.25) is 4.68 Å². The maximum absolute atomic E-state index is 8.82. The average Bonchev–Trinajstić information content (AvgIpc) is 2.71. The third-order valence-corrected chi connectivity index (χ3v) is 1.91. The van der Waals surface area contributed by atoms with E-state index in [-0.39, 0.29) is 6.04 Å². The van der Waals surface area contributed by atoms with Gasteiger partial charge in [0.2, 0.25) is 0 Å². The molecule has 0 bridgehead atoms. The second-order valence-corrected chi connectivity index (χ2v) is 3.08. The highest BCUT2D eigenvalue weighted by Crippen LogP contribution is 1.94. The summed E-state index contributed by atoms with van der Waals surface area (Å²) in [6, 6.07) is 2.14. The molecule has 1 rings (SSSR count). The summed E-state index contributed by atoms with van der Waals surface area (Å²) in [5.41, 5.74) is 0. The molecule has 0 saturated heterocycles. The SMILES string of the molecule is CCCNC(C#N)CCn1cncn1. The van der Waals surface area contributed by atoms with E-state index in [0.717, 1.165) is 25.9 Å². The molecule has 0 saturated carbocycles. The summed E-state index contributed by atoms with van der Waals surface area (Å²) in [6.45, 7) is 3.70. The summed E-state index contributed by atoms with van der Waals surface area (Å²) >= 11 is 0. The van der Waals surface area contributed by atoms with E-state index >= 15 is 0 Å². The summed E-state index contributed by atoms with van der Waals surface area (Å²) in [6.07, 6.45) is 4.97. The fourth-order valence-corrected chi connectivity index (χ4v) is 1.14. The highest BCUT2D eigenvalue weighted by Gasteiger charge is 2.05. The summed E-state index contributed by atoms with van der Waals surface area (Å²) in [5, 5.41) is 16.0. The highest BCUT2D eigenvalue weighted by molar-refractivity contribution is 4.89. The van der Waals surface area contributed by atoms with Crippen LogP contribution in [0.4, 0.5) is 0 Å². The van der Waals surface area contributed by atoms with Crippen molar-refractivity contribution >= 4 is 0 Å². The van der Waals surface area contributed by atoms with Crippen molar-refractivity contribution in [1.29, 1.82) is 5.26 Å². The van der Waals surface area contributed by atoms with Gasteiger partial charge in [0, 0.05) is 6.54 Å². The minimum atomic E-state index is -0.0841. The fourth-order valence-electron chi connectivity index (χ4n) is 1.14. The molecule has 1 N–H and O–H groups in total. The predicted octanol–water partition coefficient (Wildman–Crippen LogP) is 0.560. The molecule has 5 nitrogen and oxygen atoms in total. The normalized spacial score (nSPS) is 12.3. The Morgan fingerprint density at radius 3 is 3.07 bits per heavy atom. The van der Waals surface area contributed by atoms with E-state index < -0.39 is 0 Å². The number of aryl methyl sites for hydroxylation is 1. The summed E-state index contributed by atoms with van der Waals surface area (Å²) < 4.78 is 1.73. The van der Waals surface area contributed by atoms with Gasteiger partial charge in [0.1, 0.15) is 12.7 Å². The molecule has 0 spiro atoms. The Hall–Kier alpha value is -1.41. The van der Waals surface area contributed by atoms with E-state index in [1.54, 1.807) is 11.0 Å². The van der Waals surface area contributed by atoms with E-state index in [1.165, 1.54) is 6.33 Å². The van der Waals surface area contributed by atoms with Gasteiger partial charge in [-0.05, 0) is 19.4 Å². The van der Waals surface area contributed by atoms with Crippen molar-refractivity contribution < 1.29 is 0 Å². The van der Waals surface area contributed by atoms with Gasteiger partial charge in [-0.1, -0.05) is 6.92 Å². The lowest BCUT2D eigenvalue weighted by Crippen LogP contribution is -2.29. The van der Waals surface area contributed by atoms with E-state index in [2.05, 4.69) is 28.4 Å². The molecule has 0 aromatic carbocycles. The zero-order valence-corrected chi connectivity index (χ0v) is 8.35. The Kier molecular flexibility index (Phi) is 4.65. The molecule has 5 heteroatoms. The van der Waals surface area contributed by atoms with Gasteiger partial charge in [-0.15, -0.1) is 0 Å². The molecular weight excluding hydrogens is 178 g/mol. The third-order valence-electron chi connectivity index (χ3n) is 1.91. The second-order valence-electron chi connectivity index (χ2n) is 3.08. The summed E-state index contributed by atoms with van der Waals surface area (Å²) in [4.78, 5) is 3.84. The maximum atomic E-state index is 8.82. The average molecular weight is 193 g/mol. The summed E-state index contributed by atoms with van der Waals surface area (Å²) in [7, 11) is 0. The Morgan fingerprint density at radius 2 is 2.50 bits per heavy atom. The van der Waals surface area contributed by atoms with Gasteiger partial charge in [0.05, 0.1) is 12.1 Å². The maximum Gasteiger partial charge on any atom is 0.137 e.